The summed E-state index contributed by atoms with van der Waals surface area (Å²) in [6, 6.07) is 4.87. The summed E-state index contributed by atoms with van der Waals surface area (Å²) in [6.07, 6.45) is -0.919. The molecule has 1 saturated heterocycles. The molecule has 1 amide bonds. The van der Waals surface area contributed by atoms with Crippen LogP contribution < -0.4 is 0 Å². The molecule has 0 saturated carbocycles. The Hall–Kier alpha value is -1.83. The second-order valence-corrected chi connectivity index (χ2v) is 7.51. The van der Waals surface area contributed by atoms with Gasteiger partial charge in [0.2, 0.25) is 5.91 Å². The molecule has 2 heterocycles. The largest absolute Gasteiger partial charge is 0.454 e. The lowest BCUT2D eigenvalue weighted by Gasteiger charge is -2.33. The van der Waals surface area contributed by atoms with Crippen molar-refractivity contribution >= 4 is 38.5 Å². The first-order chi connectivity index (χ1) is 12.2. The molecule has 1 fully saturated rings. The van der Waals surface area contributed by atoms with Crippen LogP contribution in [0, 0.1) is 0 Å². The van der Waals surface area contributed by atoms with Crippen LogP contribution in [0.1, 0.15) is 36.5 Å². The topological polar surface area (TPSA) is 42.3 Å². The average Bonchev–Trinajstić information content (AvgIpc) is 2.91. The van der Waals surface area contributed by atoms with E-state index in [0.29, 0.717) is 16.5 Å². The van der Waals surface area contributed by atoms with Crippen LogP contribution in [0.15, 0.2) is 28.9 Å². The molecule has 8 heteroatoms. The zero-order valence-corrected chi connectivity index (χ0v) is 15.7. The predicted molar refractivity (Wildman–Crippen MR) is 95.0 cm³/mol. The molecule has 3 rings (SSSR count). The van der Waals surface area contributed by atoms with E-state index in [9.17, 15) is 22.8 Å². The number of alkyl halides is 3. The molecule has 1 aliphatic rings. The molecular weight excluding hydrogens is 413 g/mol. The molecule has 1 aromatic heterocycles. The Morgan fingerprint density at radius 2 is 2.00 bits per heavy atom. The summed E-state index contributed by atoms with van der Waals surface area (Å²) >= 11 is 3.22. The van der Waals surface area contributed by atoms with Crippen LogP contribution in [0.2, 0.25) is 0 Å². The van der Waals surface area contributed by atoms with Gasteiger partial charge >= 0.3 is 6.18 Å². The monoisotopic (exact) mass is 430 g/mol. The number of benzene rings is 1. The average molecular weight is 431 g/mol. The van der Waals surface area contributed by atoms with Crippen LogP contribution in [0.5, 0.6) is 0 Å². The van der Waals surface area contributed by atoms with Gasteiger partial charge in [0, 0.05) is 34.2 Å². The Balaban J connectivity index is 1.98. The number of hydrogen-bond donors (Lipinski definition) is 0. The second kappa shape index (κ2) is 7.06. The molecule has 0 N–H and O–H groups in total. The molecule has 26 heavy (non-hydrogen) atoms. The van der Waals surface area contributed by atoms with Crippen molar-refractivity contribution < 1.29 is 22.8 Å². The van der Waals surface area contributed by atoms with Crippen LogP contribution in [0.3, 0.4) is 0 Å². The number of ketones is 1. The SMILES string of the molecule is CC1CCCCN1C(=O)Cn1cc(C(=O)C(F)(F)F)c2cc(Br)ccc21. The van der Waals surface area contributed by atoms with Crippen LogP contribution in [0.25, 0.3) is 10.9 Å². The standard InChI is InChI=1S/C18H18BrF3N2O2/c1-11-4-2-3-7-24(11)16(25)10-23-9-14(17(26)18(20,21)22)13-8-12(19)5-6-15(13)23/h5-6,8-9,11H,2-4,7,10H2,1H3. The van der Waals surface area contributed by atoms with Crippen molar-refractivity contribution in [2.24, 2.45) is 0 Å². The minimum absolute atomic E-state index is 0.0897. The van der Waals surface area contributed by atoms with E-state index >= 15 is 0 Å². The molecule has 1 aliphatic heterocycles. The van der Waals surface area contributed by atoms with Gasteiger partial charge in [-0.05, 0) is 44.4 Å². The molecule has 0 radical (unpaired) electrons. The van der Waals surface area contributed by atoms with E-state index in [4.69, 9.17) is 0 Å². The minimum Gasteiger partial charge on any atom is -0.338 e. The van der Waals surface area contributed by atoms with Gasteiger partial charge in [-0.1, -0.05) is 15.9 Å². The maximum Gasteiger partial charge on any atom is 0.454 e. The molecule has 1 atom stereocenters. The number of carbonyl (C=O) groups is 2. The Morgan fingerprint density at radius 3 is 2.65 bits per heavy atom. The number of piperidine rings is 1. The fourth-order valence-electron chi connectivity index (χ4n) is 3.44. The van der Waals surface area contributed by atoms with Gasteiger partial charge in [-0.3, -0.25) is 9.59 Å². The summed E-state index contributed by atoms with van der Waals surface area (Å²) in [5, 5.41) is 0.182. The van der Waals surface area contributed by atoms with Crippen molar-refractivity contribution in [2.45, 2.75) is 44.9 Å². The van der Waals surface area contributed by atoms with Crippen molar-refractivity contribution in [1.29, 1.82) is 0 Å². The molecule has 1 aromatic carbocycles. The van der Waals surface area contributed by atoms with Gasteiger partial charge in [-0.25, -0.2) is 0 Å². The first-order valence-electron chi connectivity index (χ1n) is 8.38. The van der Waals surface area contributed by atoms with Gasteiger partial charge in [0.1, 0.15) is 6.54 Å². The quantitative estimate of drug-likeness (QED) is 0.670. The number of nitrogens with zero attached hydrogens (tertiary/aromatic N) is 2. The van der Waals surface area contributed by atoms with E-state index in [1.165, 1.54) is 10.6 Å². The van der Waals surface area contributed by atoms with E-state index in [-0.39, 0.29) is 23.9 Å². The first kappa shape index (κ1) is 18.9. The Bertz CT molecular complexity index is 860. The van der Waals surface area contributed by atoms with Crippen LogP contribution >= 0.6 is 15.9 Å². The number of fused-ring (bicyclic) bond motifs is 1. The summed E-state index contributed by atoms with van der Waals surface area (Å²) in [6.45, 7) is 2.53. The number of amides is 1. The number of aromatic nitrogens is 1. The molecule has 140 valence electrons. The predicted octanol–water partition coefficient (Wildman–Crippen LogP) is 4.55. The van der Waals surface area contributed by atoms with Gasteiger partial charge in [-0.2, -0.15) is 13.2 Å². The van der Waals surface area contributed by atoms with Crippen molar-refractivity contribution in [3.05, 3.63) is 34.4 Å². The van der Waals surface area contributed by atoms with Gasteiger partial charge in [0.25, 0.3) is 5.78 Å². The number of hydrogen-bond acceptors (Lipinski definition) is 2. The summed E-state index contributed by atoms with van der Waals surface area (Å²) < 4.78 is 40.8. The second-order valence-electron chi connectivity index (χ2n) is 6.59. The Kier molecular flexibility index (Phi) is 5.14. The summed E-state index contributed by atoms with van der Waals surface area (Å²) in [5.41, 5.74) is -0.00731. The minimum atomic E-state index is -4.97. The molecular formula is C18H18BrF3N2O2. The number of likely N-dealkylation sites (tertiary alicyclic amines) is 1. The number of halogens is 4. The molecule has 1 unspecified atom stereocenters. The smallest absolute Gasteiger partial charge is 0.338 e. The van der Waals surface area contributed by atoms with Gasteiger partial charge in [-0.15, -0.1) is 0 Å². The van der Waals surface area contributed by atoms with E-state index in [1.807, 2.05) is 6.92 Å². The maximum absolute atomic E-state index is 12.9. The lowest BCUT2D eigenvalue weighted by atomic mass is 10.0. The third kappa shape index (κ3) is 3.65. The highest BCUT2D eigenvalue weighted by molar-refractivity contribution is 9.10. The first-order valence-corrected chi connectivity index (χ1v) is 9.17. The number of rotatable bonds is 3. The van der Waals surface area contributed by atoms with Gasteiger partial charge < -0.3 is 9.47 Å². The zero-order chi connectivity index (χ0) is 19.1. The molecule has 4 nitrogen and oxygen atoms in total. The highest BCUT2D eigenvalue weighted by atomic mass is 79.9. The fraction of sp³-hybridized carbons (Fsp3) is 0.444. The zero-order valence-electron chi connectivity index (χ0n) is 14.1. The Morgan fingerprint density at radius 1 is 1.27 bits per heavy atom. The molecule has 2 aromatic rings. The van der Waals surface area contributed by atoms with Crippen LogP contribution in [-0.2, 0) is 11.3 Å². The van der Waals surface area contributed by atoms with E-state index in [2.05, 4.69) is 15.9 Å². The van der Waals surface area contributed by atoms with E-state index in [1.54, 1.807) is 17.0 Å². The van der Waals surface area contributed by atoms with Crippen molar-refractivity contribution in [1.82, 2.24) is 9.47 Å². The summed E-state index contributed by atoms with van der Waals surface area (Å²) in [7, 11) is 0. The lowest BCUT2D eigenvalue weighted by Crippen LogP contribution is -2.43. The summed E-state index contributed by atoms with van der Waals surface area (Å²) in [4.78, 5) is 26.2. The molecule has 0 spiro atoms. The normalized spacial score (nSPS) is 18.3. The van der Waals surface area contributed by atoms with Crippen LogP contribution in [0.4, 0.5) is 13.2 Å². The van der Waals surface area contributed by atoms with Crippen molar-refractivity contribution in [3.8, 4) is 0 Å². The molecule has 0 aliphatic carbocycles. The fourth-order valence-corrected chi connectivity index (χ4v) is 3.80. The Labute approximate surface area is 157 Å². The number of Topliss-reactive ketones (excluding diaryl/α,β-unsaturated/α-hetero) is 1. The van der Waals surface area contributed by atoms with Crippen molar-refractivity contribution in [3.63, 3.8) is 0 Å². The lowest BCUT2D eigenvalue weighted by molar-refractivity contribution is -0.135. The third-order valence-electron chi connectivity index (χ3n) is 4.77. The van der Waals surface area contributed by atoms with E-state index < -0.39 is 17.5 Å². The number of carbonyl (C=O) groups excluding carboxylic acids is 2. The third-order valence-corrected chi connectivity index (χ3v) is 5.27. The summed E-state index contributed by atoms with van der Waals surface area (Å²) in [5.74, 6) is -2.05. The van der Waals surface area contributed by atoms with E-state index in [0.717, 1.165) is 25.5 Å². The van der Waals surface area contributed by atoms with Gasteiger partial charge in [0.15, 0.2) is 0 Å². The maximum atomic E-state index is 12.9. The molecule has 0 bridgehead atoms. The highest BCUT2D eigenvalue weighted by Crippen LogP contribution is 2.31. The van der Waals surface area contributed by atoms with Gasteiger partial charge in [0.05, 0.1) is 5.56 Å². The van der Waals surface area contributed by atoms with Crippen molar-refractivity contribution in [2.75, 3.05) is 6.54 Å². The van der Waals surface area contributed by atoms with Crippen LogP contribution in [-0.4, -0.2) is 39.9 Å². The highest BCUT2D eigenvalue weighted by Gasteiger charge is 2.41.